The molecule has 0 aliphatic rings. The van der Waals surface area contributed by atoms with E-state index in [4.69, 9.17) is 5.73 Å². The smallest absolute Gasteiger partial charge is 0.341 e. The van der Waals surface area contributed by atoms with Crippen LogP contribution in [0.5, 0.6) is 0 Å². The van der Waals surface area contributed by atoms with Gasteiger partial charge in [0.1, 0.15) is 12.4 Å². The van der Waals surface area contributed by atoms with Gasteiger partial charge in [0.25, 0.3) is 0 Å². The van der Waals surface area contributed by atoms with Gasteiger partial charge in [0.05, 0.1) is 10.8 Å². The van der Waals surface area contributed by atoms with Crippen LogP contribution in [0.1, 0.15) is 0 Å². The predicted molar refractivity (Wildman–Crippen MR) is 65.3 cm³/mol. The number of hydrogen-bond donors (Lipinski definition) is 2. The van der Waals surface area contributed by atoms with Gasteiger partial charge in [-0.3, -0.25) is 4.21 Å². The molecule has 1 aromatic heterocycles. The molecular formula is C8H10ClF2N5OS. The Kier molecular flexibility index (Phi) is 4.91. The number of aliphatic imine (C=N–C) groups is 1. The predicted octanol–water partition coefficient (Wildman–Crippen LogP) is 0.772. The van der Waals surface area contributed by atoms with E-state index in [-0.39, 0.29) is 16.9 Å². The molecule has 0 fully saturated rings. The molecular weight excluding hydrogens is 288 g/mol. The molecule has 1 rings (SSSR count). The van der Waals surface area contributed by atoms with E-state index in [9.17, 15) is 13.0 Å². The summed E-state index contributed by atoms with van der Waals surface area (Å²) in [6, 6.07) is 1.43. The third-order valence-corrected chi connectivity index (χ3v) is 2.41. The van der Waals surface area contributed by atoms with Gasteiger partial charge in [-0.05, 0) is 17.7 Å². The van der Waals surface area contributed by atoms with Gasteiger partial charge in [-0.15, -0.1) is 0 Å². The summed E-state index contributed by atoms with van der Waals surface area (Å²) in [5.74, 6) is -0.0730. The van der Waals surface area contributed by atoms with Crippen LogP contribution in [-0.4, -0.2) is 38.3 Å². The number of nitrogens with one attached hydrogen (secondary N) is 1. The maximum atomic E-state index is 12.3. The van der Waals surface area contributed by atoms with Crippen LogP contribution < -0.4 is 11.1 Å². The van der Waals surface area contributed by atoms with E-state index < -0.39 is 22.7 Å². The van der Waals surface area contributed by atoms with Gasteiger partial charge < -0.3 is 11.1 Å². The normalized spacial score (nSPS) is 14.3. The van der Waals surface area contributed by atoms with E-state index in [1.807, 2.05) is 0 Å². The highest BCUT2D eigenvalue weighted by Crippen LogP contribution is 2.18. The molecule has 1 atom stereocenters. The summed E-state index contributed by atoms with van der Waals surface area (Å²) >= 11 is 4.66. The number of nitrogens with zero attached hydrogens (tertiary/aromatic N) is 3. The van der Waals surface area contributed by atoms with E-state index in [2.05, 4.69) is 31.9 Å². The highest BCUT2D eigenvalue weighted by molar-refractivity contribution is 7.84. The van der Waals surface area contributed by atoms with Crippen molar-refractivity contribution in [3.8, 4) is 0 Å². The third kappa shape index (κ3) is 5.32. The minimum atomic E-state index is -3.45. The molecule has 6 nitrogen and oxygen atoms in total. The molecule has 100 valence electrons. The van der Waals surface area contributed by atoms with Crippen molar-refractivity contribution in [2.75, 3.05) is 18.1 Å². The van der Waals surface area contributed by atoms with Crippen LogP contribution >= 0.6 is 11.6 Å². The Labute approximate surface area is 109 Å². The monoisotopic (exact) mass is 297 g/mol. The second-order valence-electron chi connectivity index (χ2n) is 3.12. The summed E-state index contributed by atoms with van der Waals surface area (Å²) in [4.78, 5) is 10.9. The summed E-state index contributed by atoms with van der Waals surface area (Å²) in [6.45, 7) is -0.953. The molecule has 1 aromatic rings. The van der Waals surface area contributed by atoms with Crippen LogP contribution in [0.15, 0.2) is 22.4 Å². The Bertz CT molecular complexity index is 479. The van der Waals surface area contributed by atoms with Gasteiger partial charge in [-0.2, -0.15) is 8.78 Å². The maximum Gasteiger partial charge on any atom is 0.341 e. The quantitative estimate of drug-likeness (QED) is 0.371. The summed E-state index contributed by atoms with van der Waals surface area (Å²) < 4.78 is 35.7. The van der Waals surface area contributed by atoms with E-state index >= 15 is 0 Å². The largest absolute Gasteiger partial charge is 0.370 e. The lowest BCUT2D eigenvalue weighted by Crippen LogP contribution is -2.26. The Morgan fingerprint density at radius 2 is 2.39 bits per heavy atom. The average molecular weight is 298 g/mol. The summed E-state index contributed by atoms with van der Waals surface area (Å²) in [5.41, 5.74) is 5.35. The molecule has 18 heavy (non-hydrogen) atoms. The lowest BCUT2D eigenvalue weighted by atomic mass is 10.6. The molecule has 0 aliphatic carbocycles. The number of rotatable bonds is 4. The van der Waals surface area contributed by atoms with Gasteiger partial charge in [0.15, 0.2) is 5.96 Å². The molecule has 10 heteroatoms. The highest BCUT2D eigenvalue weighted by atomic mass is 35.5. The topological polar surface area (TPSA) is 93.3 Å². The van der Waals surface area contributed by atoms with Crippen LogP contribution in [0.3, 0.4) is 0 Å². The fourth-order valence-electron chi connectivity index (χ4n) is 0.894. The fourth-order valence-corrected chi connectivity index (χ4v) is 1.39. The Hall–Kier alpha value is -1.35. The van der Waals surface area contributed by atoms with Crippen molar-refractivity contribution in [3.63, 3.8) is 0 Å². The molecule has 3 N–H and O–H groups in total. The minimum absolute atomic E-state index is 0.0930. The van der Waals surface area contributed by atoms with Gasteiger partial charge in [0, 0.05) is 12.5 Å². The van der Waals surface area contributed by atoms with Crippen LogP contribution in [0.25, 0.3) is 0 Å². The summed E-state index contributed by atoms with van der Waals surface area (Å²) in [6.07, 6.45) is 2.76. The van der Waals surface area contributed by atoms with Crippen molar-refractivity contribution >= 4 is 34.2 Å². The van der Waals surface area contributed by atoms with Crippen LogP contribution in [-0.2, 0) is 10.8 Å². The second kappa shape index (κ2) is 6.01. The van der Waals surface area contributed by atoms with Crippen molar-refractivity contribution in [2.45, 2.75) is 10.5 Å². The van der Waals surface area contributed by atoms with Gasteiger partial charge in [-0.25, -0.2) is 15.0 Å². The van der Waals surface area contributed by atoms with Crippen molar-refractivity contribution in [3.05, 3.63) is 12.3 Å². The van der Waals surface area contributed by atoms with E-state index in [1.54, 1.807) is 0 Å². The first-order chi connectivity index (χ1) is 8.28. The number of aromatic nitrogens is 2. The first kappa shape index (κ1) is 14.7. The third-order valence-electron chi connectivity index (χ3n) is 1.58. The number of halogens is 3. The van der Waals surface area contributed by atoms with Gasteiger partial charge in [-0.1, -0.05) is 0 Å². The standard InChI is InChI=1S/C8H10ClF2N5OS/c1-18(17)7-13-3-2-5(16-7)15-6(12)14-4-8(9,10)11/h2-3H,4H2,1H3,(H3,12,13,14,15,16). The van der Waals surface area contributed by atoms with E-state index in [0.717, 1.165) is 0 Å². The molecule has 0 spiro atoms. The highest BCUT2D eigenvalue weighted by Gasteiger charge is 2.23. The van der Waals surface area contributed by atoms with E-state index in [1.165, 1.54) is 18.5 Å². The van der Waals surface area contributed by atoms with Gasteiger partial charge in [0.2, 0.25) is 5.16 Å². The first-order valence-corrected chi connectivity index (χ1v) is 6.52. The lowest BCUT2D eigenvalue weighted by molar-refractivity contribution is 0.107. The molecule has 1 unspecified atom stereocenters. The van der Waals surface area contributed by atoms with Crippen molar-refractivity contribution in [1.82, 2.24) is 9.97 Å². The molecule has 0 aliphatic heterocycles. The zero-order valence-electron chi connectivity index (χ0n) is 9.23. The van der Waals surface area contributed by atoms with Crippen molar-refractivity contribution in [1.29, 1.82) is 0 Å². The zero-order valence-corrected chi connectivity index (χ0v) is 10.8. The molecule has 0 saturated heterocycles. The zero-order chi connectivity index (χ0) is 13.8. The molecule has 0 saturated carbocycles. The van der Waals surface area contributed by atoms with Crippen LogP contribution in [0.2, 0.25) is 0 Å². The number of anilines is 1. The number of guanidine groups is 1. The number of nitrogens with two attached hydrogens (primary N) is 1. The maximum absolute atomic E-state index is 12.3. The number of alkyl halides is 3. The number of hydrogen-bond acceptors (Lipinski definition) is 4. The molecule has 0 radical (unpaired) electrons. The van der Waals surface area contributed by atoms with Crippen LogP contribution in [0.4, 0.5) is 14.6 Å². The SMILES string of the molecule is CS(=O)c1nccc(NC(N)=NCC(F)(F)Cl)n1. The Morgan fingerprint density at radius 1 is 1.72 bits per heavy atom. The van der Waals surface area contributed by atoms with Crippen LogP contribution in [0, 0.1) is 0 Å². The van der Waals surface area contributed by atoms with Crippen molar-refractivity contribution in [2.24, 2.45) is 10.7 Å². The molecule has 0 bridgehead atoms. The second-order valence-corrected chi connectivity index (χ2v) is 4.95. The lowest BCUT2D eigenvalue weighted by Gasteiger charge is -2.07. The molecule has 0 aromatic carbocycles. The Morgan fingerprint density at radius 3 is 2.94 bits per heavy atom. The minimum Gasteiger partial charge on any atom is -0.370 e. The molecule has 0 amide bonds. The summed E-state index contributed by atoms with van der Waals surface area (Å²) in [7, 11) is -1.36. The average Bonchev–Trinajstić information content (AvgIpc) is 2.26. The van der Waals surface area contributed by atoms with E-state index in [0.29, 0.717) is 0 Å². The molecule has 1 heterocycles. The van der Waals surface area contributed by atoms with Gasteiger partial charge >= 0.3 is 5.38 Å². The first-order valence-electron chi connectivity index (χ1n) is 4.58. The summed E-state index contributed by atoms with van der Waals surface area (Å²) in [5, 5.41) is -0.897. The fraction of sp³-hybridized carbons (Fsp3) is 0.375. The Balaban J connectivity index is 2.73. The van der Waals surface area contributed by atoms with Crippen molar-refractivity contribution < 1.29 is 13.0 Å².